The van der Waals surface area contributed by atoms with Crippen molar-refractivity contribution in [3.8, 4) is 11.5 Å². The van der Waals surface area contributed by atoms with E-state index in [-0.39, 0.29) is 6.10 Å². The standard InChI is InChI=1S/C14H18O3/c1-16-13-3-2-4-14-11(13)8-9-7-10(15)5-6-12(9)17-14/h5-7,11,13-15H,2-4,8H2,1H3/t11-,13-,14+/m0/s1. The minimum atomic E-state index is 0.283. The predicted octanol–water partition coefficient (Wildman–Crippen LogP) is 2.51. The summed E-state index contributed by atoms with van der Waals surface area (Å²) in [6.45, 7) is 0. The molecule has 0 radical (unpaired) electrons. The van der Waals surface area contributed by atoms with Crippen molar-refractivity contribution >= 4 is 0 Å². The number of aromatic hydroxyl groups is 1. The average molecular weight is 234 g/mol. The molecule has 92 valence electrons. The monoisotopic (exact) mass is 234 g/mol. The first-order chi connectivity index (χ1) is 8.28. The number of rotatable bonds is 1. The molecule has 0 unspecified atom stereocenters. The lowest BCUT2D eigenvalue weighted by Gasteiger charge is -2.41. The van der Waals surface area contributed by atoms with E-state index in [1.807, 2.05) is 12.1 Å². The molecule has 3 rings (SSSR count). The number of phenols is 1. The van der Waals surface area contributed by atoms with E-state index in [2.05, 4.69) is 0 Å². The zero-order valence-electron chi connectivity index (χ0n) is 10.1. The minimum absolute atomic E-state index is 0.283. The van der Waals surface area contributed by atoms with Gasteiger partial charge < -0.3 is 14.6 Å². The van der Waals surface area contributed by atoms with Crippen LogP contribution in [0.25, 0.3) is 0 Å². The Morgan fingerprint density at radius 2 is 2.24 bits per heavy atom. The summed E-state index contributed by atoms with van der Waals surface area (Å²) in [5.74, 6) is 1.68. The molecule has 1 aromatic carbocycles. The zero-order valence-corrected chi connectivity index (χ0v) is 10.1. The molecule has 0 saturated heterocycles. The van der Waals surface area contributed by atoms with Crippen LogP contribution >= 0.6 is 0 Å². The molecule has 1 aliphatic heterocycles. The van der Waals surface area contributed by atoms with Gasteiger partial charge >= 0.3 is 0 Å². The molecule has 1 aromatic rings. The van der Waals surface area contributed by atoms with Crippen LogP contribution in [0.1, 0.15) is 24.8 Å². The van der Waals surface area contributed by atoms with Gasteiger partial charge in [-0.3, -0.25) is 0 Å². The summed E-state index contributed by atoms with van der Waals surface area (Å²) < 4.78 is 11.6. The minimum Gasteiger partial charge on any atom is -0.508 e. The fraction of sp³-hybridized carbons (Fsp3) is 0.571. The third-order valence-corrected chi connectivity index (χ3v) is 4.01. The molecule has 0 spiro atoms. The van der Waals surface area contributed by atoms with Gasteiger partial charge in [-0.1, -0.05) is 0 Å². The van der Waals surface area contributed by atoms with Crippen molar-refractivity contribution in [2.75, 3.05) is 7.11 Å². The second-order valence-corrected chi connectivity index (χ2v) is 5.02. The summed E-state index contributed by atoms with van der Waals surface area (Å²) >= 11 is 0. The Balaban J connectivity index is 1.90. The largest absolute Gasteiger partial charge is 0.508 e. The van der Waals surface area contributed by atoms with Crippen LogP contribution in [0.4, 0.5) is 0 Å². The van der Waals surface area contributed by atoms with Crippen molar-refractivity contribution in [2.45, 2.75) is 37.9 Å². The molecule has 3 atom stereocenters. The molecule has 2 aliphatic rings. The number of phenolic OH excluding ortho intramolecular Hbond substituents is 1. The number of hydrogen-bond donors (Lipinski definition) is 1. The molecular weight excluding hydrogens is 216 g/mol. The van der Waals surface area contributed by atoms with Crippen LogP contribution in [0, 0.1) is 5.92 Å². The van der Waals surface area contributed by atoms with E-state index in [1.165, 1.54) is 6.42 Å². The molecule has 1 saturated carbocycles. The van der Waals surface area contributed by atoms with E-state index < -0.39 is 0 Å². The third kappa shape index (κ3) is 1.89. The number of methoxy groups -OCH3 is 1. The lowest BCUT2D eigenvalue weighted by Crippen LogP contribution is -2.44. The van der Waals surface area contributed by atoms with Gasteiger partial charge in [-0.05, 0) is 49.4 Å². The van der Waals surface area contributed by atoms with Crippen molar-refractivity contribution in [1.82, 2.24) is 0 Å². The van der Waals surface area contributed by atoms with Gasteiger partial charge in [0.15, 0.2) is 0 Å². The maximum atomic E-state index is 9.52. The second kappa shape index (κ2) is 4.22. The number of ether oxygens (including phenoxy) is 2. The summed E-state index contributed by atoms with van der Waals surface area (Å²) in [6.07, 6.45) is 4.94. The van der Waals surface area contributed by atoms with E-state index in [1.54, 1.807) is 13.2 Å². The maximum absolute atomic E-state index is 9.52. The number of fused-ring (bicyclic) bond motifs is 2. The maximum Gasteiger partial charge on any atom is 0.123 e. The molecule has 0 aromatic heterocycles. The van der Waals surface area contributed by atoms with Gasteiger partial charge in [-0.15, -0.1) is 0 Å². The van der Waals surface area contributed by atoms with Crippen LogP contribution in [0.3, 0.4) is 0 Å². The summed E-state index contributed by atoms with van der Waals surface area (Å²) in [4.78, 5) is 0. The Labute approximate surface area is 101 Å². The van der Waals surface area contributed by atoms with E-state index >= 15 is 0 Å². The Morgan fingerprint density at radius 3 is 3.06 bits per heavy atom. The molecule has 3 heteroatoms. The van der Waals surface area contributed by atoms with Crippen LogP contribution in [0.5, 0.6) is 11.5 Å². The highest BCUT2D eigenvalue weighted by Crippen LogP contribution is 2.40. The molecule has 0 bridgehead atoms. The number of benzene rings is 1. The second-order valence-electron chi connectivity index (χ2n) is 5.02. The molecule has 1 heterocycles. The Hall–Kier alpha value is -1.22. The first-order valence-corrected chi connectivity index (χ1v) is 6.29. The van der Waals surface area contributed by atoms with Crippen LogP contribution in [-0.4, -0.2) is 24.4 Å². The normalized spacial score (nSPS) is 31.2. The highest BCUT2D eigenvalue weighted by Gasteiger charge is 2.38. The van der Waals surface area contributed by atoms with Crippen LogP contribution in [0.2, 0.25) is 0 Å². The smallest absolute Gasteiger partial charge is 0.123 e. The first kappa shape index (κ1) is 10.9. The van der Waals surface area contributed by atoms with Crippen molar-refractivity contribution in [2.24, 2.45) is 5.92 Å². The summed E-state index contributed by atoms with van der Waals surface area (Å²) in [6, 6.07) is 5.37. The lowest BCUT2D eigenvalue weighted by atomic mass is 9.78. The lowest BCUT2D eigenvalue weighted by molar-refractivity contribution is -0.0439. The third-order valence-electron chi connectivity index (χ3n) is 4.01. The van der Waals surface area contributed by atoms with Gasteiger partial charge in [-0.25, -0.2) is 0 Å². The Bertz CT molecular complexity index is 416. The molecule has 0 amide bonds. The predicted molar refractivity (Wildman–Crippen MR) is 64.4 cm³/mol. The van der Waals surface area contributed by atoms with Gasteiger partial charge in [0, 0.05) is 13.0 Å². The Morgan fingerprint density at radius 1 is 1.35 bits per heavy atom. The summed E-state index contributed by atoms with van der Waals surface area (Å²) in [5.41, 5.74) is 1.11. The van der Waals surface area contributed by atoms with Gasteiger partial charge in [0.25, 0.3) is 0 Å². The van der Waals surface area contributed by atoms with Crippen molar-refractivity contribution in [1.29, 1.82) is 0 Å². The highest BCUT2D eigenvalue weighted by atomic mass is 16.5. The van der Waals surface area contributed by atoms with Crippen molar-refractivity contribution < 1.29 is 14.6 Å². The van der Waals surface area contributed by atoms with Crippen LogP contribution in [0.15, 0.2) is 18.2 Å². The molecule has 3 nitrogen and oxygen atoms in total. The van der Waals surface area contributed by atoms with Crippen LogP contribution < -0.4 is 4.74 Å². The topological polar surface area (TPSA) is 38.7 Å². The fourth-order valence-corrected chi connectivity index (χ4v) is 3.15. The van der Waals surface area contributed by atoms with Crippen molar-refractivity contribution in [3.05, 3.63) is 23.8 Å². The first-order valence-electron chi connectivity index (χ1n) is 6.29. The van der Waals surface area contributed by atoms with E-state index in [0.717, 1.165) is 30.6 Å². The SMILES string of the molecule is CO[C@H]1CCC[C@H]2Oc3ccc(O)cc3C[C@@H]12. The Kier molecular flexibility index (Phi) is 2.71. The van der Waals surface area contributed by atoms with Crippen LogP contribution in [-0.2, 0) is 11.2 Å². The van der Waals surface area contributed by atoms with E-state index in [0.29, 0.717) is 17.8 Å². The quantitative estimate of drug-likeness (QED) is 0.811. The molecule has 17 heavy (non-hydrogen) atoms. The van der Waals surface area contributed by atoms with Gasteiger partial charge in [0.1, 0.15) is 17.6 Å². The van der Waals surface area contributed by atoms with E-state index in [9.17, 15) is 5.11 Å². The zero-order chi connectivity index (χ0) is 11.8. The van der Waals surface area contributed by atoms with Crippen molar-refractivity contribution in [3.63, 3.8) is 0 Å². The summed E-state index contributed by atoms with van der Waals surface area (Å²) in [5, 5.41) is 9.52. The van der Waals surface area contributed by atoms with Gasteiger partial charge in [0.2, 0.25) is 0 Å². The average Bonchev–Trinajstić information content (AvgIpc) is 2.35. The molecule has 1 N–H and O–H groups in total. The molecule has 1 aliphatic carbocycles. The fourth-order valence-electron chi connectivity index (χ4n) is 3.15. The van der Waals surface area contributed by atoms with E-state index in [4.69, 9.17) is 9.47 Å². The number of hydrogen-bond acceptors (Lipinski definition) is 3. The molecule has 1 fully saturated rings. The van der Waals surface area contributed by atoms with Gasteiger partial charge in [0.05, 0.1) is 6.10 Å². The summed E-state index contributed by atoms with van der Waals surface area (Å²) in [7, 11) is 1.78. The van der Waals surface area contributed by atoms with Gasteiger partial charge in [-0.2, -0.15) is 0 Å². The highest BCUT2D eigenvalue weighted by molar-refractivity contribution is 5.41. The molecular formula is C14H18O3.